The van der Waals surface area contributed by atoms with E-state index in [1.54, 1.807) is 0 Å². The van der Waals surface area contributed by atoms with Gasteiger partial charge in [0, 0.05) is 10.3 Å². The molecule has 16 heavy (non-hydrogen) atoms. The third-order valence-electron chi connectivity index (χ3n) is 2.90. The molecule has 0 saturated heterocycles. The van der Waals surface area contributed by atoms with Gasteiger partial charge in [-0.1, -0.05) is 84.1 Å². The number of rotatable bonds is 3. The van der Waals surface area contributed by atoms with E-state index in [2.05, 4.69) is 84.1 Å². The fourth-order valence-electron chi connectivity index (χ4n) is 1.88. The van der Waals surface area contributed by atoms with Crippen LogP contribution in [0.4, 0.5) is 0 Å². The van der Waals surface area contributed by atoms with Gasteiger partial charge in [0.2, 0.25) is 0 Å². The lowest BCUT2D eigenvalue weighted by atomic mass is 9.92. The number of alkyl halides is 1. The second-order valence-electron chi connectivity index (χ2n) is 4.01. The van der Waals surface area contributed by atoms with Gasteiger partial charge in [0.1, 0.15) is 0 Å². The van der Waals surface area contributed by atoms with E-state index in [0.717, 1.165) is 4.43 Å². The normalized spacial score (nSPS) is 12.4. The van der Waals surface area contributed by atoms with Crippen LogP contribution in [0.25, 0.3) is 0 Å². The molecule has 0 heterocycles. The standard InChI is InChI=1S/C15H15I/c1-12(14-7-3-2-4-8-14)15-9-5-6-13(10-15)11-16/h2-10,12H,11H2,1H3. The van der Waals surface area contributed by atoms with Crippen molar-refractivity contribution in [2.75, 3.05) is 0 Å². The van der Waals surface area contributed by atoms with Crippen molar-refractivity contribution < 1.29 is 0 Å². The second kappa shape index (κ2) is 5.48. The predicted molar refractivity (Wildman–Crippen MR) is 78.1 cm³/mol. The summed E-state index contributed by atoms with van der Waals surface area (Å²) in [5.41, 5.74) is 4.19. The molecule has 1 unspecified atom stereocenters. The van der Waals surface area contributed by atoms with Gasteiger partial charge in [-0.2, -0.15) is 0 Å². The smallest absolute Gasteiger partial charge is 0.0247 e. The van der Waals surface area contributed by atoms with Gasteiger partial charge in [-0.3, -0.25) is 0 Å². The molecule has 0 radical (unpaired) electrons. The Balaban J connectivity index is 2.30. The van der Waals surface area contributed by atoms with Crippen molar-refractivity contribution in [1.82, 2.24) is 0 Å². The fourth-order valence-corrected chi connectivity index (χ4v) is 2.35. The molecule has 2 rings (SSSR count). The quantitative estimate of drug-likeness (QED) is 0.564. The minimum absolute atomic E-state index is 0.476. The maximum atomic E-state index is 2.41. The van der Waals surface area contributed by atoms with Crippen LogP contribution >= 0.6 is 22.6 Å². The molecule has 0 aliphatic rings. The van der Waals surface area contributed by atoms with E-state index in [1.807, 2.05) is 0 Å². The van der Waals surface area contributed by atoms with E-state index in [0.29, 0.717) is 5.92 Å². The summed E-state index contributed by atoms with van der Waals surface area (Å²) in [6.07, 6.45) is 0. The zero-order chi connectivity index (χ0) is 11.4. The van der Waals surface area contributed by atoms with Crippen molar-refractivity contribution >= 4 is 22.6 Å². The molecule has 2 aromatic carbocycles. The average molecular weight is 322 g/mol. The molecular weight excluding hydrogens is 307 g/mol. The number of benzene rings is 2. The molecule has 1 heteroatoms. The van der Waals surface area contributed by atoms with Crippen LogP contribution < -0.4 is 0 Å². The van der Waals surface area contributed by atoms with Crippen LogP contribution in [0.1, 0.15) is 29.5 Å². The lowest BCUT2D eigenvalue weighted by Crippen LogP contribution is -1.96. The van der Waals surface area contributed by atoms with Crippen LogP contribution in [0.3, 0.4) is 0 Å². The molecule has 0 aromatic heterocycles. The summed E-state index contributed by atoms with van der Waals surface area (Å²) in [5.74, 6) is 0.476. The highest BCUT2D eigenvalue weighted by Crippen LogP contribution is 2.24. The molecule has 0 nitrogen and oxygen atoms in total. The molecule has 0 fully saturated rings. The molecule has 0 spiro atoms. The van der Waals surface area contributed by atoms with Crippen molar-refractivity contribution in [3.63, 3.8) is 0 Å². The van der Waals surface area contributed by atoms with Crippen molar-refractivity contribution in [1.29, 1.82) is 0 Å². The number of halogens is 1. The summed E-state index contributed by atoms with van der Waals surface area (Å²) in [6, 6.07) is 19.5. The molecule has 0 aliphatic carbocycles. The van der Waals surface area contributed by atoms with Crippen LogP contribution in [-0.2, 0) is 4.43 Å². The Bertz CT molecular complexity index is 448. The number of hydrogen-bond donors (Lipinski definition) is 0. The predicted octanol–water partition coefficient (Wildman–Crippen LogP) is 4.77. The summed E-state index contributed by atoms with van der Waals surface area (Å²) in [4.78, 5) is 0. The van der Waals surface area contributed by atoms with Gasteiger partial charge in [-0.25, -0.2) is 0 Å². The molecule has 0 N–H and O–H groups in total. The Hall–Kier alpha value is -0.830. The highest BCUT2D eigenvalue weighted by atomic mass is 127. The first-order valence-corrected chi connectivity index (χ1v) is 7.03. The van der Waals surface area contributed by atoms with E-state index in [9.17, 15) is 0 Å². The zero-order valence-corrected chi connectivity index (χ0v) is 11.5. The van der Waals surface area contributed by atoms with Crippen molar-refractivity contribution in [2.45, 2.75) is 17.3 Å². The van der Waals surface area contributed by atoms with Crippen molar-refractivity contribution in [3.8, 4) is 0 Å². The van der Waals surface area contributed by atoms with E-state index in [1.165, 1.54) is 16.7 Å². The topological polar surface area (TPSA) is 0 Å². The first kappa shape index (κ1) is 11.6. The van der Waals surface area contributed by atoms with Crippen molar-refractivity contribution in [3.05, 3.63) is 71.3 Å². The van der Waals surface area contributed by atoms with E-state index >= 15 is 0 Å². The first-order chi connectivity index (χ1) is 7.81. The highest BCUT2D eigenvalue weighted by Gasteiger charge is 2.07. The van der Waals surface area contributed by atoms with Gasteiger partial charge in [-0.05, 0) is 16.7 Å². The molecule has 0 amide bonds. The van der Waals surface area contributed by atoms with Gasteiger partial charge in [0.15, 0.2) is 0 Å². The van der Waals surface area contributed by atoms with E-state index < -0.39 is 0 Å². The van der Waals surface area contributed by atoms with Crippen LogP contribution in [0.5, 0.6) is 0 Å². The Morgan fingerprint density at radius 2 is 1.62 bits per heavy atom. The largest absolute Gasteiger partial charge is 0.0812 e. The lowest BCUT2D eigenvalue weighted by molar-refractivity contribution is 0.920. The van der Waals surface area contributed by atoms with Gasteiger partial charge in [-0.15, -0.1) is 0 Å². The highest BCUT2D eigenvalue weighted by molar-refractivity contribution is 14.1. The maximum absolute atomic E-state index is 2.41. The van der Waals surface area contributed by atoms with Crippen LogP contribution in [0.15, 0.2) is 54.6 Å². The van der Waals surface area contributed by atoms with Gasteiger partial charge in [0.25, 0.3) is 0 Å². The third kappa shape index (κ3) is 2.64. The minimum atomic E-state index is 0.476. The Kier molecular flexibility index (Phi) is 3.99. The van der Waals surface area contributed by atoms with Crippen LogP contribution in [0.2, 0.25) is 0 Å². The Morgan fingerprint density at radius 3 is 2.31 bits per heavy atom. The Labute approximate surface area is 111 Å². The van der Waals surface area contributed by atoms with Gasteiger partial charge >= 0.3 is 0 Å². The Morgan fingerprint density at radius 1 is 0.938 bits per heavy atom. The molecule has 0 aliphatic heterocycles. The third-order valence-corrected chi connectivity index (χ3v) is 3.79. The second-order valence-corrected chi connectivity index (χ2v) is 4.77. The summed E-state index contributed by atoms with van der Waals surface area (Å²) in [6.45, 7) is 2.27. The average Bonchev–Trinajstić information content (AvgIpc) is 2.39. The monoisotopic (exact) mass is 322 g/mol. The maximum Gasteiger partial charge on any atom is 0.0247 e. The van der Waals surface area contributed by atoms with Crippen molar-refractivity contribution in [2.24, 2.45) is 0 Å². The minimum Gasteiger partial charge on any atom is -0.0812 e. The molecule has 1 atom stereocenters. The molecule has 82 valence electrons. The van der Waals surface area contributed by atoms with Gasteiger partial charge < -0.3 is 0 Å². The van der Waals surface area contributed by atoms with Gasteiger partial charge in [0.05, 0.1) is 0 Å². The SMILES string of the molecule is CC(c1ccccc1)c1cccc(CI)c1. The first-order valence-electron chi connectivity index (χ1n) is 5.51. The summed E-state index contributed by atoms with van der Waals surface area (Å²) in [5, 5.41) is 0. The summed E-state index contributed by atoms with van der Waals surface area (Å²) >= 11 is 2.41. The summed E-state index contributed by atoms with van der Waals surface area (Å²) in [7, 11) is 0. The fraction of sp³-hybridized carbons (Fsp3) is 0.200. The van der Waals surface area contributed by atoms with E-state index in [4.69, 9.17) is 0 Å². The molecule has 0 saturated carbocycles. The zero-order valence-electron chi connectivity index (χ0n) is 9.36. The number of hydrogen-bond acceptors (Lipinski definition) is 0. The van der Waals surface area contributed by atoms with Crippen LogP contribution in [-0.4, -0.2) is 0 Å². The molecular formula is C15H15I. The lowest BCUT2D eigenvalue weighted by Gasteiger charge is -2.13. The van der Waals surface area contributed by atoms with Crippen LogP contribution in [0, 0.1) is 0 Å². The van der Waals surface area contributed by atoms with E-state index in [-0.39, 0.29) is 0 Å². The molecule has 2 aromatic rings. The molecule has 0 bridgehead atoms. The summed E-state index contributed by atoms with van der Waals surface area (Å²) < 4.78 is 1.08.